The average molecular weight is 548 g/mol. The zero-order chi connectivity index (χ0) is 26.5. The Morgan fingerprint density at radius 3 is 2.22 bits per heavy atom. The van der Waals surface area contributed by atoms with E-state index in [0.29, 0.717) is 26.9 Å². The molecule has 0 aliphatic carbocycles. The number of benzene rings is 3. The standard InChI is InChI=1S/C26H27Cl2N3O4S/c1-18-9-7-8-12-24(18)31(36(34,35)22-10-5-4-6-11-22)17-25(32)30(19(2)26(33)29-3)16-20-13-14-21(27)15-23(20)28/h4-15,19H,16-17H2,1-3H3,(H,29,33)/t19-/m1/s1. The van der Waals surface area contributed by atoms with Crippen LogP contribution in [-0.2, 0) is 26.2 Å². The highest BCUT2D eigenvalue weighted by atomic mass is 35.5. The lowest BCUT2D eigenvalue weighted by molar-refractivity contribution is -0.139. The van der Waals surface area contributed by atoms with Crippen LogP contribution in [0.3, 0.4) is 0 Å². The summed E-state index contributed by atoms with van der Waals surface area (Å²) in [6, 6.07) is 18.8. The first kappa shape index (κ1) is 27.5. The normalized spacial score (nSPS) is 12.0. The van der Waals surface area contributed by atoms with Gasteiger partial charge in [-0.1, -0.05) is 65.7 Å². The summed E-state index contributed by atoms with van der Waals surface area (Å²) in [5, 5.41) is 3.30. The van der Waals surface area contributed by atoms with Crippen molar-refractivity contribution in [1.82, 2.24) is 10.2 Å². The van der Waals surface area contributed by atoms with E-state index in [1.807, 2.05) is 0 Å². The predicted octanol–water partition coefficient (Wildman–Crippen LogP) is 4.66. The molecule has 3 aromatic carbocycles. The molecule has 0 radical (unpaired) electrons. The Bertz CT molecular complexity index is 1350. The van der Waals surface area contributed by atoms with Gasteiger partial charge in [0.05, 0.1) is 10.6 Å². The van der Waals surface area contributed by atoms with Gasteiger partial charge >= 0.3 is 0 Å². The minimum Gasteiger partial charge on any atom is -0.357 e. The van der Waals surface area contributed by atoms with Gasteiger partial charge in [0.15, 0.2) is 0 Å². The van der Waals surface area contributed by atoms with Crippen LogP contribution >= 0.6 is 23.2 Å². The summed E-state index contributed by atoms with van der Waals surface area (Å²) in [7, 11) is -2.63. The van der Waals surface area contributed by atoms with Crippen molar-refractivity contribution >= 4 is 50.7 Å². The maximum Gasteiger partial charge on any atom is 0.264 e. The highest BCUT2D eigenvalue weighted by molar-refractivity contribution is 7.92. The second-order valence-electron chi connectivity index (χ2n) is 8.16. The zero-order valence-electron chi connectivity index (χ0n) is 20.1. The molecule has 0 spiro atoms. The highest BCUT2D eigenvalue weighted by Crippen LogP contribution is 2.28. The van der Waals surface area contributed by atoms with Crippen molar-refractivity contribution in [2.45, 2.75) is 31.3 Å². The summed E-state index contributed by atoms with van der Waals surface area (Å²) in [5.41, 5.74) is 1.61. The van der Waals surface area contributed by atoms with Crippen LogP contribution in [0, 0.1) is 6.92 Å². The number of sulfonamides is 1. The van der Waals surface area contributed by atoms with Crippen LogP contribution in [-0.4, -0.2) is 44.8 Å². The number of amides is 2. The van der Waals surface area contributed by atoms with Gasteiger partial charge in [0.2, 0.25) is 11.8 Å². The molecule has 0 aliphatic heterocycles. The first-order valence-electron chi connectivity index (χ1n) is 11.1. The summed E-state index contributed by atoms with van der Waals surface area (Å²) in [4.78, 5) is 27.6. The fourth-order valence-electron chi connectivity index (χ4n) is 3.70. The number of hydrogen-bond donors (Lipinski definition) is 1. The number of halogens is 2. The Morgan fingerprint density at radius 2 is 1.61 bits per heavy atom. The molecule has 1 atom stereocenters. The zero-order valence-corrected chi connectivity index (χ0v) is 22.4. The highest BCUT2D eigenvalue weighted by Gasteiger charge is 2.33. The smallest absolute Gasteiger partial charge is 0.264 e. The summed E-state index contributed by atoms with van der Waals surface area (Å²) in [5.74, 6) is -0.971. The maximum atomic E-state index is 13.7. The topological polar surface area (TPSA) is 86.8 Å². The molecule has 7 nitrogen and oxygen atoms in total. The number of carbonyl (C=O) groups is 2. The van der Waals surface area contributed by atoms with Crippen molar-refractivity contribution in [1.29, 1.82) is 0 Å². The molecule has 10 heteroatoms. The predicted molar refractivity (Wildman–Crippen MR) is 143 cm³/mol. The van der Waals surface area contributed by atoms with Gasteiger partial charge in [0.25, 0.3) is 10.0 Å². The minimum absolute atomic E-state index is 0.0174. The van der Waals surface area contributed by atoms with E-state index in [4.69, 9.17) is 23.2 Å². The van der Waals surface area contributed by atoms with Crippen LogP contribution < -0.4 is 9.62 Å². The molecule has 0 aromatic heterocycles. The Balaban J connectivity index is 2.05. The van der Waals surface area contributed by atoms with Crippen LogP contribution in [0.25, 0.3) is 0 Å². The molecular weight excluding hydrogens is 521 g/mol. The lowest BCUT2D eigenvalue weighted by atomic mass is 10.1. The van der Waals surface area contributed by atoms with Crippen LogP contribution in [0.5, 0.6) is 0 Å². The molecule has 3 rings (SSSR count). The van der Waals surface area contributed by atoms with Gasteiger partial charge in [-0.15, -0.1) is 0 Å². The quantitative estimate of drug-likeness (QED) is 0.422. The third kappa shape index (κ3) is 6.19. The number of para-hydroxylation sites is 1. The van der Waals surface area contributed by atoms with Crippen molar-refractivity contribution in [3.05, 3.63) is 94.0 Å². The molecule has 1 N–H and O–H groups in total. The molecule has 0 fully saturated rings. The minimum atomic E-state index is -4.10. The van der Waals surface area contributed by atoms with Crippen molar-refractivity contribution in [2.75, 3.05) is 17.9 Å². The third-order valence-electron chi connectivity index (χ3n) is 5.76. The molecular formula is C26H27Cl2N3O4S. The van der Waals surface area contributed by atoms with Crippen LogP contribution in [0.2, 0.25) is 10.0 Å². The van der Waals surface area contributed by atoms with Crippen LogP contribution in [0.4, 0.5) is 5.69 Å². The number of likely N-dealkylation sites (N-methyl/N-ethyl adjacent to an activating group) is 1. The second-order valence-corrected chi connectivity index (χ2v) is 10.9. The van der Waals surface area contributed by atoms with E-state index in [0.717, 1.165) is 4.31 Å². The molecule has 0 heterocycles. The van der Waals surface area contributed by atoms with Crippen LogP contribution in [0.15, 0.2) is 77.7 Å². The molecule has 0 saturated heterocycles. The van der Waals surface area contributed by atoms with Gasteiger partial charge < -0.3 is 10.2 Å². The molecule has 3 aromatic rings. The van der Waals surface area contributed by atoms with E-state index < -0.39 is 34.4 Å². The monoisotopic (exact) mass is 547 g/mol. The first-order valence-corrected chi connectivity index (χ1v) is 13.3. The summed E-state index contributed by atoms with van der Waals surface area (Å²) in [6.45, 7) is 2.81. The molecule has 0 bridgehead atoms. The largest absolute Gasteiger partial charge is 0.357 e. The molecule has 36 heavy (non-hydrogen) atoms. The Morgan fingerprint density at radius 1 is 0.972 bits per heavy atom. The first-order chi connectivity index (χ1) is 17.1. The van der Waals surface area contributed by atoms with Gasteiger partial charge in [-0.25, -0.2) is 8.42 Å². The number of rotatable bonds is 9. The number of anilines is 1. The summed E-state index contributed by atoms with van der Waals surface area (Å²) in [6.07, 6.45) is 0. The summed E-state index contributed by atoms with van der Waals surface area (Å²) >= 11 is 12.4. The second kappa shape index (κ2) is 11.8. The Kier molecular flexibility index (Phi) is 9.00. The third-order valence-corrected chi connectivity index (χ3v) is 8.12. The number of hydrogen-bond acceptors (Lipinski definition) is 4. The summed E-state index contributed by atoms with van der Waals surface area (Å²) < 4.78 is 28.5. The van der Waals surface area contributed by atoms with Crippen molar-refractivity contribution < 1.29 is 18.0 Å². The lowest BCUT2D eigenvalue weighted by Crippen LogP contribution is -2.50. The van der Waals surface area contributed by atoms with Gasteiger partial charge in [-0.05, 0) is 55.3 Å². The molecule has 0 unspecified atom stereocenters. The molecule has 0 saturated carbocycles. The van der Waals surface area contributed by atoms with Gasteiger partial charge in [-0.3, -0.25) is 13.9 Å². The van der Waals surface area contributed by atoms with E-state index in [9.17, 15) is 18.0 Å². The molecule has 190 valence electrons. The van der Waals surface area contributed by atoms with E-state index in [1.54, 1.807) is 74.5 Å². The maximum absolute atomic E-state index is 13.7. The number of nitrogens with zero attached hydrogens (tertiary/aromatic N) is 2. The van der Waals surface area contributed by atoms with E-state index in [1.165, 1.54) is 24.1 Å². The lowest BCUT2D eigenvalue weighted by Gasteiger charge is -2.32. The van der Waals surface area contributed by atoms with Crippen molar-refractivity contribution in [3.8, 4) is 0 Å². The SMILES string of the molecule is CNC(=O)[C@@H](C)N(Cc1ccc(Cl)cc1Cl)C(=O)CN(c1ccccc1C)S(=O)(=O)c1ccccc1. The Hall–Kier alpha value is -3.07. The van der Waals surface area contributed by atoms with E-state index in [-0.39, 0.29) is 11.4 Å². The number of aryl methyl sites for hydroxylation is 1. The fourth-order valence-corrected chi connectivity index (χ4v) is 5.67. The number of nitrogens with one attached hydrogen (secondary N) is 1. The van der Waals surface area contributed by atoms with Crippen molar-refractivity contribution in [2.24, 2.45) is 0 Å². The number of carbonyl (C=O) groups excluding carboxylic acids is 2. The molecule has 0 aliphatic rings. The average Bonchev–Trinajstić information content (AvgIpc) is 2.86. The van der Waals surface area contributed by atoms with Gasteiger partial charge in [0.1, 0.15) is 12.6 Å². The van der Waals surface area contributed by atoms with E-state index >= 15 is 0 Å². The van der Waals surface area contributed by atoms with E-state index in [2.05, 4.69) is 5.32 Å². The Labute approximate surface area is 221 Å². The molecule has 2 amide bonds. The van der Waals surface area contributed by atoms with Crippen molar-refractivity contribution in [3.63, 3.8) is 0 Å². The fraction of sp³-hybridized carbons (Fsp3) is 0.231. The van der Waals surface area contributed by atoms with Gasteiger partial charge in [-0.2, -0.15) is 0 Å². The van der Waals surface area contributed by atoms with Gasteiger partial charge in [0, 0.05) is 23.6 Å². The van der Waals surface area contributed by atoms with Crippen LogP contribution in [0.1, 0.15) is 18.1 Å².